The molecule has 0 aromatic carbocycles. The minimum Gasteiger partial charge on any atom is -0.290 e. The Balaban J connectivity index is 2.66. The van der Waals surface area contributed by atoms with Crippen molar-refractivity contribution in [3.05, 3.63) is 23.3 Å². The summed E-state index contributed by atoms with van der Waals surface area (Å²) in [5, 5.41) is 0. The summed E-state index contributed by atoms with van der Waals surface area (Å²) in [5.74, 6) is 0.260. The van der Waals surface area contributed by atoms with Crippen LogP contribution < -0.4 is 0 Å². The fourth-order valence-electron chi connectivity index (χ4n) is 1.97. The Morgan fingerprint density at radius 1 is 1.27 bits per heavy atom. The Labute approximate surface area is 93.3 Å². The first-order valence-electron chi connectivity index (χ1n) is 6.20. The van der Waals surface area contributed by atoms with Crippen LogP contribution in [0.4, 0.5) is 0 Å². The molecule has 1 aliphatic rings. The Morgan fingerprint density at radius 3 is 2.67 bits per heavy atom. The Hall–Kier alpha value is -0.850. The second kappa shape index (κ2) is 6.60. The summed E-state index contributed by atoms with van der Waals surface area (Å²) in [6.07, 6.45) is 11.8. The molecule has 0 amide bonds. The molecule has 0 saturated carbocycles. The molecule has 0 atom stereocenters. The van der Waals surface area contributed by atoms with Crippen molar-refractivity contribution < 1.29 is 4.79 Å². The van der Waals surface area contributed by atoms with Crippen LogP contribution in [-0.2, 0) is 4.79 Å². The predicted octanol–water partition coefficient (Wildman–Crippen LogP) is 4.19. The van der Waals surface area contributed by atoms with Gasteiger partial charge in [-0.05, 0) is 50.2 Å². The fraction of sp³-hybridized carbons (Fsp3) is 0.643. The van der Waals surface area contributed by atoms with Gasteiger partial charge in [0.1, 0.15) is 0 Å². The van der Waals surface area contributed by atoms with Crippen LogP contribution in [0.25, 0.3) is 0 Å². The van der Waals surface area contributed by atoms with Crippen molar-refractivity contribution in [2.75, 3.05) is 0 Å². The number of ketones is 1. The van der Waals surface area contributed by atoms with E-state index < -0.39 is 0 Å². The van der Waals surface area contributed by atoms with E-state index >= 15 is 0 Å². The molecule has 84 valence electrons. The quantitative estimate of drug-likeness (QED) is 0.630. The molecule has 15 heavy (non-hydrogen) atoms. The number of carbonyl (C=O) groups excluding carboxylic acids is 1. The molecule has 1 aliphatic carbocycles. The van der Waals surface area contributed by atoms with Gasteiger partial charge in [-0.15, -0.1) is 0 Å². The molecule has 0 aliphatic heterocycles. The van der Waals surface area contributed by atoms with Crippen LogP contribution in [0.3, 0.4) is 0 Å². The molecule has 0 heterocycles. The maximum absolute atomic E-state index is 11.9. The van der Waals surface area contributed by atoms with Gasteiger partial charge in [0.2, 0.25) is 0 Å². The van der Waals surface area contributed by atoms with Crippen molar-refractivity contribution in [3.8, 4) is 0 Å². The highest BCUT2D eigenvalue weighted by Crippen LogP contribution is 2.19. The van der Waals surface area contributed by atoms with Crippen LogP contribution in [0.1, 0.15) is 58.8 Å². The highest BCUT2D eigenvalue weighted by molar-refractivity contribution is 6.04. The molecule has 1 nitrogen and oxygen atoms in total. The third-order valence-corrected chi connectivity index (χ3v) is 3.10. The van der Waals surface area contributed by atoms with Crippen LogP contribution in [0.15, 0.2) is 23.3 Å². The van der Waals surface area contributed by atoms with E-state index in [0.717, 1.165) is 31.3 Å². The largest absolute Gasteiger partial charge is 0.290 e. The van der Waals surface area contributed by atoms with Gasteiger partial charge in [-0.3, -0.25) is 4.79 Å². The van der Waals surface area contributed by atoms with Gasteiger partial charge in [-0.25, -0.2) is 0 Å². The lowest BCUT2D eigenvalue weighted by Crippen LogP contribution is -1.99. The van der Waals surface area contributed by atoms with Crippen molar-refractivity contribution in [1.82, 2.24) is 0 Å². The fourth-order valence-corrected chi connectivity index (χ4v) is 1.97. The Morgan fingerprint density at radius 2 is 2.00 bits per heavy atom. The number of hydrogen-bond acceptors (Lipinski definition) is 1. The lowest BCUT2D eigenvalue weighted by atomic mass is 10.0. The van der Waals surface area contributed by atoms with Crippen LogP contribution in [0, 0.1) is 0 Å². The van der Waals surface area contributed by atoms with Gasteiger partial charge in [-0.2, -0.15) is 0 Å². The molecular weight excluding hydrogens is 184 g/mol. The molecule has 0 spiro atoms. The van der Waals surface area contributed by atoms with Gasteiger partial charge in [0, 0.05) is 0 Å². The van der Waals surface area contributed by atoms with E-state index in [9.17, 15) is 4.79 Å². The summed E-state index contributed by atoms with van der Waals surface area (Å²) < 4.78 is 0. The summed E-state index contributed by atoms with van der Waals surface area (Å²) in [6.45, 7) is 4.23. The van der Waals surface area contributed by atoms with Crippen LogP contribution in [0.2, 0.25) is 0 Å². The van der Waals surface area contributed by atoms with Crippen molar-refractivity contribution in [2.45, 2.75) is 58.8 Å². The first-order chi connectivity index (χ1) is 7.27. The molecule has 0 unspecified atom stereocenters. The van der Waals surface area contributed by atoms with Crippen LogP contribution in [0.5, 0.6) is 0 Å². The first-order valence-corrected chi connectivity index (χ1v) is 6.20. The number of rotatable bonds is 4. The summed E-state index contributed by atoms with van der Waals surface area (Å²) in [6, 6.07) is 0. The van der Waals surface area contributed by atoms with Gasteiger partial charge in [0.05, 0.1) is 0 Å². The third-order valence-electron chi connectivity index (χ3n) is 3.10. The van der Waals surface area contributed by atoms with Crippen molar-refractivity contribution in [3.63, 3.8) is 0 Å². The average molecular weight is 206 g/mol. The molecule has 0 radical (unpaired) electrons. The molecular formula is C14H22O. The first kappa shape index (κ1) is 12.2. The van der Waals surface area contributed by atoms with E-state index in [-0.39, 0.29) is 5.78 Å². The van der Waals surface area contributed by atoms with Crippen molar-refractivity contribution >= 4 is 5.78 Å². The second-order valence-electron chi connectivity index (χ2n) is 4.20. The zero-order chi connectivity index (χ0) is 11.1. The predicted molar refractivity (Wildman–Crippen MR) is 64.8 cm³/mol. The van der Waals surface area contributed by atoms with E-state index in [1.54, 1.807) is 0 Å². The van der Waals surface area contributed by atoms with Crippen LogP contribution in [-0.4, -0.2) is 5.78 Å². The van der Waals surface area contributed by atoms with E-state index in [1.165, 1.54) is 24.8 Å². The maximum Gasteiger partial charge on any atom is 0.181 e. The SMILES string of the molecule is CCC(=CC(=O)C1=CCCCCC1)CC. The zero-order valence-corrected chi connectivity index (χ0v) is 10.0. The smallest absolute Gasteiger partial charge is 0.181 e. The van der Waals surface area contributed by atoms with Gasteiger partial charge >= 0.3 is 0 Å². The molecule has 0 bridgehead atoms. The lowest BCUT2D eigenvalue weighted by molar-refractivity contribution is -0.111. The molecule has 0 aromatic heterocycles. The van der Waals surface area contributed by atoms with E-state index in [1.807, 2.05) is 6.08 Å². The van der Waals surface area contributed by atoms with Gasteiger partial charge < -0.3 is 0 Å². The molecule has 0 saturated heterocycles. The normalized spacial score (nSPS) is 16.5. The van der Waals surface area contributed by atoms with E-state index in [4.69, 9.17) is 0 Å². The number of allylic oxidation sites excluding steroid dienone is 4. The van der Waals surface area contributed by atoms with Gasteiger partial charge in [-0.1, -0.05) is 31.9 Å². The Kier molecular flexibility index (Phi) is 5.38. The maximum atomic E-state index is 11.9. The zero-order valence-electron chi connectivity index (χ0n) is 10.0. The third kappa shape index (κ3) is 4.03. The highest BCUT2D eigenvalue weighted by Gasteiger charge is 2.09. The molecule has 1 rings (SSSR count). The van der Waals surface area contributed by atoms with Crippen molar-refractivity contribution in [1.29, 1.82) is 0 Å². The van der Waals surface area contributed by atoms with Gasteiger partial charge in [0.15, 0.2) is 5.78 Å². The van der Waals surface area contributed by atoms with E-state index in [2.05, 4.69) is 19.9 Å². The summed E-state index contributed by atoms with van der Waals surface area (Å²) >= 11 is 0. The molecule has 0 fully saturated rings. The minimum absolute atomic E-state index is 0.260. The van der Waals surface area contributed by atoms with Crippen molar-refractivity contribution in [2.24, 2.45) is 0 Å². The van der Waals surface area contributed by atoms with Gasteiger partial charge in [0.25, 0.3) is 0 Å². The standard InChI is InChI=1S/C14H22O/c1-3-12(4-2)11-14(15)13-9-7-5-6-8-10-13/h9,11H,3-8,10H2,1-2H3. The average Bonchev–Trinajstić information content (AvgIpc) is 2.54. The number of hydrogen-bond donors (Lipinski definition) is 0. The minimum atomic E-state index is 0.260. The monoisotopic (exact) mass is 206 g/mol. The summed E-state index contributed by atoms with van der Waals surface area (Å²) in [4.78, 5) is 11.9. The topological polar surface area (TPSA) is 17.1 Å². The van der Waals surface area contributed by atoms with Crippen LogP contribution >= 0.6 is 0 Å². The highest BCUT2D eigenvalue weighted by atomic mass is 16.1. The molecule has 0 aromatic rings. The number of carbonyl (C=O) groups is 1. The lowest BCUT2D eigenvalue weighted by Gasteiger charge is -2.03. The molecule has 0 N–H and O–H groups in total. The Bertz CT molecular complexity index is 265. The summed E-state index contributed by atoms with van der Waals surface area (Å²) in [7, 11) is 0. The van der Waals surface area contributed by atoms with E-state index in [0.29, 0.717) is 0 Å². The summed E-state index contributed by atoms with van der Waals surface area (Å²) in [5.41, 5.74) is 2.32. The molecule has 1 heteroatoms. The second-order valence-corrected chi connectivity index (χ2v) is 4.20.